The monoisotopic (exact) mass is 273 g/mol. The highest BCUT2D eigenvalue weighted by atomic mass is 79.9. The number of nitrogens with zero attached hydrogens (tertiary/aromatic N) is 1. The molecule has 4 heteroatoms. The van der Waals surface area contributed by atoms with Crippen LogP contribution in [0, 0.1) is 5.82 Å². The van der Waals surface area contributed by atoms with Crippen molar-refractivity contribution >= 4 is 27.5 Å². The molecule has 1 aromatic rings. The summed E-state index contributed by atoms with van der Waals surface area (Å²) in [7, 11) is 1.68. The van der Waals surface area contributed by atoms with E-state index < -0.39 is 0 Å². The van der Waals surface area contributed by atoms with E-state index in [0.29, 0.717) is 5.69 Å². The molecule has 0 heterocycles. The minimum Gasteiger partial charge on any atom is -0.315 e. The van der Waals surface area contributed by atoms with Gasteiger partial charge in [0, 0.05) is 12.7 Å². The minimum atomic E-state index is -0.300. The summed E-state index contributed by atoms with van der Waals surface area (Å²) < 4.78 is 12.7. The highest BCUT2D eigenvalue weighted by molar-refractivity contribution is 9.10. The van der Waals surface area contributed by atoms with Gasteiger partial charge in [0.25, 0.3) is 0 Å². The Morgan fingerprint density at radius 1 is 1.47 bits per heavy atom. The van der Waals surface area contributed by atoms with Crippen molar-refractivity contribution in [3.63, 3.8) is 0 Å². The number of carbonyl (C=O) groups is 1. The molecule has 0 aliphatic carbocycles. The first-order valence-corrected chi connectivity index (χ1v) is 5.65. The van der Waals surface area contributed by atoms with Crippen molar-refractivity contribution in [3.8, 4) is 0 Å². The Labute approximate surface area is 97.2 Å². The number of hydrogen-bond acceptors (Lipinski definition) is 1. The third-order valence-corrected chi connectivity index (χ3v) is 3.21. The molecule has 1 rings (SSSR count). The van der Waals surface area contributed by atoms with E-state index in [1.165, 1.54) is 17.0 Å². The van der Waals surface area contributed by atoms with E-state index in [2.05, 4.69) is 15.9 Å². The predicted molar refractivity (Wildman–Crippen MR) is 62.8 cm³/mol. The Hall–Kier alpha value is -0.900. The zero-order valence-corrected chi connectivity index (χ0v) is 10.3. The molecule has 0 bridgehead atoms. The maximum Gasteiger partial charge on any atom is 0.240 e. The molecule has 2 nitrogen and oxygen atoms in total. The van der Waals surface area contributed by atoms with Crippen molar-refractivity contribution in [3.05, 3.63) is 30.1 Å². The molecule has 1 atom stereocenters. The summed E-state index contributed by atoms with van der Waals surface area (Å²) >= 11 is 3.29. The number of amides is 1. The topological polar surface area (TPSA) is 20.3 Å². The van der Waals surface area contributed by atoms with Crippen molar-refractivity contribution < 1.29 is 9.18 Å². The zero-order chi connectivity index (χ0) is 11.4. The molecular weight excluding hydrogens is 261 g/mol. The highest BCUT2D eigenvalue weighted by Crippen LogP contribution is 2.17. The number of benzene rings is 1. The van der Waals surface area contributed by atoms with E-state index in [1.54, 1.807) is 19.2 Å². The van der Waals surface area contributed by atoms with Gasteiger partial charge < -0.3 is 4.90 Å². The standard InChI is InChI=1S/C11H13BrFNO/c1-3-10(12)11(15)14(2)9-6-4-8(13)5-7-9/h4-7,10H,3H2,1-2H3/t10-/m0/s1. The van der Waals surface area contributed by atoms with Crippen molar-refractivity contribution in [1.29, 1.82) is 0 Å². The van der Waals surface area contributed by atoms with Gasteiger partial charge in [-0.05, 0) is 30.7 Å². The van der Waals surface area contributed by atoms with Crippen LogP contribution in [-0.2, 0) is 4.79 Å². The molecule has 0 N–H and O–H groups in total. The lowest BCUT2D eigenvalue weighted by molar-refractivity contribution is -0.117. The molecule has 0 fully saturated rings. The molecule has 0 aliphatic rings. The first-order chi connectivity index (χ1) is 7.06. The van der Waals surface area contributed by atoms with Gasteiger partial charge in [0.2, 0.25) is 5.91 Å². The minimum absolute atomic E-state index is 0.0240. The average Bonchev–Trinajstić information content (AvgIpc) is 2.27. The second-order valence-corrected chi connectivity index (χ2v) is 4.35. The van der Waals surface area contributed by atoms with Crippen LogP contribution in [-0.4, -0.2) is 17.8 Å². The molecule has 0 saturated heterocycles. The Balaban J connectivity index is 2.80. The number of carbonyl (C=O) groups excluding carboxylic acids is 1. The molecule has 82 valence electrons. The van der Waals surface area contributed by atoms with Gasteiger partial charge in [0.15, 0.2) is 0 Å². The molecule has 0 aromatic heterocycles. The molecule has 0 unspecified atom stereocenters. The number of halogens is 2. The molecule has 15 heavy (non-hydrogen) atoms. The maximum absolute atomic E-state index is 12.7. The molecule has 0 spiro atoms. The van der Waals surface area contributed by atoms with Gasteiger partial charge in [-0.25, -0.2) is 4.39 Å². The Kier molecular flexibility index (Phi) is 4.27. The van der Waals surface area contributed by atoms with Crippen molar-refractivity contribution in [1.82, 2.24) is 0 Å². The second kappa shape index (κ2) is 5.26. The lowest BCUT2D eigenvalue weighted by Crippen LogP contribution is -2.32. The van der Waals surface area contributed by atoms with Crippen LogP contribution >= 0.6 is 15.9 Å². The van der Waals surface area contributed by atoms with E-state index in [9.17, 15) is 9.18 Å². The van der Waals surface area contributed by atoms with Gasteiger partial charge in [0.1, 0.15) is 5.82 Å². The van der Waals surface area contributed by atoms with Crippen LogP contribution < -0.4 is 4.90 Å². The Morgan fingerprint density at radius 2 is 2.00 bits per heavy atom. The molecule has 0 saturated carbocycles. The number of rotatable bonds is 3. The van der Waals surface area contributed by atoms with Gasteiger partial charge in [-0.2, -0.15) is 0 Å². The number of anilines is 1. The normalized spacial score (nSPS) is 12.3. The molecule has 1 aromatic carbocycles. The van der Waals surface area contributed by atoms with Gasteiger partial charge in [-0.3, -0.25) is 4.79 Å². The smallest absolute Gasteiger partial charge is 0.240 e. The highest BCUT2D eigenvalue weighted by Gasteiger charge is 2.18. The molecule has 0 aliphatic heterocycles. The Bertz CT molecular complexity index is 339. The maximum atomic E-state index is 12.7. The van der Waals surface area contributed by atoms with E-state index in [0.717, 1.165) is 6.42 Å². The van der Waals surface area contributed by atoms with Gasteiger partial charge in [0.05, 0.1) is 4.83 Å². The van der Waals surface area contributed by atoms with Crippen LogP contribution in [0.4, 0.5) is 10.1 Å². The summed E-state index contributed by atoms with van der Waals surface area (Å²) in [6, 6.07) is 5.85. The van der Waals surface area contributed by atoms with E-state index in [1.807, 2.05) is 6.92 Å². The van der Waals surface area contributed by atoms with Crippen LogP contribution in [0.3, 0.4) is 0 Å². The predicted octanol–water partition coefficient (Wildman–Crippen LogP) is 2.96. The molecule has 0 radical (unpaired) electrons. The van der Waals surface area contributed by atoms with Crippen molar-refractivity contribution in [2.45, 2.75) is 18.2 Å². The lowest BCUT2D eigenvalue weighted by atomic mass is 10.2. The molecular formula is C11H13BrFNO. The van der Waals surface area contributed by atoms with Crippen LogP contribution in [0.15, 0.2) is 24.3 Å². The number of hydrogen-bond donors (Lipinski definition) is 0. The average molecular weight is 274 g/mol. The zero-order valence-electron chi connectivity index (χ0n) is 8.71. The fourth-order valence-corrected chi connectivity index (χ4v) is 1.48. The third-order valence-electron chi connectivity index (χ3n) is 2.17. The van der Waals surface area contributed by atoms with Crippen molar-refractivity contribution in [2.24, 2.45) is 0 Å². The summed E-state index contributed by atoms with van der Waals surface area (Å²) in [5, 5.41) is 0. The summed E-state index contributed by atoms with van der Waals surface area (Å²) in [5.74, 6) is -0.324. The van der Waals surface area contributed by atoms with Crippen LogP contribution in [0.1, 0.15) is 13.3 Å². The van der Waals surface area contributed by atoms with E-state index >= 15 is 0 Å². The van der Waals surface area contributed by atoms with Gasteiger partial charge >= 0.3 is 0 Å². The van der Waals surface area contributed by atoms with Gasteiger partial charge in [-0.15, -0.1) is 0 Å². The van der Waals surface area contributed by atoms with Gasteiger partial charge in [-0.1, -0.05) is 22.9 Å². The summed E-state index contributed by atoms with van der Waals surface area (Å²) in [4.78, 5) is 13.1. The first kappa shape index (κ1) is 12.2. The van der Waals surface area contributed by atoms with Crippen LogP contribution in [0.2, 0.25) is 0 Å². The largest absolute Gasteiger partial charge is 0.315 e. The first-order valence-electron chi connectivity index (χ1n) is 4.73. The fourth-order valence-electron chi connectivity index (χ4n) is 1.18. The quantitative estimate of drug-likeness (QED) is 0.776. The van der Waals surface area contributed by atoms with Crippen molar-refractivity contribution in [2.75, 3.05) is 11.9 Å². The van der Waals surface area contributed by atoms with Crippen LogP contribution in [0.25, 0.3) is 0 Å². The summed E-state index contributed by atoms with van der Waals surface area (Å²) in [6.07, 6.45) is 0.727. The van der Waals surface area contributed by atoms with E-state index in [-0.39, 0.29) is 16.6 Å². The molecule has 1 amide bonds. The summed E-state index contributed by atoms with van der Waals surface area (Å²) in [5.41, 5.74) is 0.694. The third kappa shape index (κ3) is 3.02. The van der Waals surface area contributed by atoms with E-state index in [4.69, 9.17) is 0 Å². The lowest BCUT2D eigenvalue weighted by Gasteiger charge is -2.19. The number of alkyl halides is 1. The fraction of sp³-hybridized carbons (Fsp3) is 0.364. The second-order valence-electron chi connectivity index (χ2n) is 3.25. The Morgan fingerprint density at radius 3 is 2.47 bits per heavy atom. The van der Waals surface area contributed by atoms with Crippen LogP contribution in [0.5, 0.6) is 0 Å². The summed E-state index contributed by atoms with van der Waals surface area (Å²) in [6.45, 7) is 1.93. The SMILES string of the molecule is CC[C@H](Br)C(=O)N(C)c1ccc(F)cc1.